The van der Waals surface area contributed by atoms with E-state index in [9.17, 15) is 4.79 Å². The first-order chi connectivity index (χ1) is 15.9. The monoisotopic (exact) mass is 448 g/mol. The van der Waals surface area contributed by atoms with Gasteiger partial charge in [0.1, 0.15) is 5.82 Å². The van der Waals surface area contributed by atoms with Crippen molar-refractivity contribution >= 4 is 11.5 Å². The van der Waals surface area contributed by atoms with Crippen molar-refractivity contribution in [3.05, 3.63) is 71.8 Å². The third-order valence-corrected chi connectivity index (χ3v) is 6.32. The molecule has 1 aliphatic heterocycles. The van der Waals surface area contributed by atoms with Crippen LogP contribution < -0.4 is 5.73 Å². The lowest BCUT2D eigenvalue weighted by atomic mass is 9.84. The smallest absolute Gasteiger partial charge is 0.225 e. The Kier molecular flexibility index (Phi) is 7.15. The fraction of sp³-hybridized carbons (Fsp3) is 0.481. The molecule has 1 amide bonds. The van der Waals surface area contributed by atoms with Gasteiger partial charge in [0, 0.05) is 25.8 Å². The molecule has 4 rings (SSSR count). The van der Waals surface area contributed by atoms with Gasteiger partial charge in [-0.2, -0.15) is 0 Å². The third kappa shape index (κ3) is 5.45. The van der Waals surface area contributed by atoms with Crippen molar-refractivity contribution in [1.82, 2.24) is 14.5 Å². The summed E-state index contributed by atoms with van der Waals surface area (Å²) < 4.78 is 8.07. The Balaban J connectivity index is 1.81. The van der Waals surface area contributed by atoms with Crippen molar-refractivity contribution in [1.29, 1.82) is 0 Å². The van der Waals surface area contributed by atoms with E-state index >= 15 is 0 Å². The third-order valence-electron chi connectivity index (χ3n) is 6.32. The van der Waals surface area contributed by atoms with Crippen LogP contribution in [-0.4, -0.2) is 46.2 Å². The van der Waals surface area contributed by atoms with Crippen LogP contribution in [0.25, 0.3) is 5.57 Å². The number of carbonyl (C=O) groups is 1. The summed E-state index contributed by atoms with van der Waals surface area (Å²) >= 11 is 0. The van der Waals surface area contributed by atoms with Gasteiger partial charge in [-0.15, -0.1) is 0 Å². The summed E-state index contributed by atoms with van der Waals surface area (Å²) in [4.78, 5) is 20.4. The number of aromatic nitrogens is 2. The molecule has 1 fully saturated rings. The van der Waals surface area contributed by atoms with Crippen molar-refractivity contribution in [3.8, 4) is 0 Å². The molecule has 2 aromatic rings. The molecule has 33 heavy (non-hydrogen) atoms. The van der Waals surface area contributed by atoms with Crippen LogP contribution in [0.1, 0.15) is 63.2 Å². The minimum Gasteiger partial charge on any atom is -0.375 e. The lowest BCUT2D eigenvalue weighted by molar-refractivity contribution is -0.136. The fourth-order valence-corrected chi connectivity index (χ4v) is 4.71. The highest BCUT2D eigenvalue weighted by molar-refractivity contribution is 5.77. The molecule has 2 N–H and O–H groups in total. The summed E-state index contributed by atoms with van der Waals surface area (Å²) in [6.07, 6.45) is 11.0. The van der Waals surface area contributed by atoms with E-state index < -0.39 is 0 Å². The second-order valence-electron chi connectivity index (χ2n) is 10.0. The topological polar surface area (TPSA) is 73.4 Å². The van der Waals surface area contributed by atoms with Crippen molar-refractivity contribution in [2.45, 2.75) is 58.7 Å². The van der Waals surface area contributed by atoms with E-state index in [-0.39, 0.29) is 23.5 Å². The van der Waals surface area contributed by atoms with Crippen LogP contribution >= 0.6 is 0 Å². The lowest BCUT2D eigenvalue weighted by Gasteiger charge is -2.40. The number of hydrogen-bond acceptors (Lipinski definition) is 4. The highest BCUT2D eigenvalue weighted by atomic mass is 16.5. The molecule has 2 atom stereocenters. The number of carbonyl (C=O) groups excluding carboxylic acids is 1. The van der Waals surface area contributed by atoms with Gasteiger partial charge in [0.05, 0.1) is 30.9 Å². The highest BCUT2D eigenvalue weighted by Crippen LogP contribution is 2.39. The lowest BCUT2D eigenvalue weighted by Crippen LogP contribution is -2.46. The number of ether oxygens (including phenoxy) is 1. The molecule has 0 bridgehead atoms. The molecule has 0 saturated carbocycles. The van der Waals surface area contributed by atoms with Gasteiger partial charge in [0.25, 0.3) is 0 Å². The second-order valence-corrected chi connectivity index (χ2v) is 10.0. The quantitative estimate of drug-likeness (QED) is 0.714. The average Bonchev–Trinajstić information content (AvgIpc) is 3.11. The summed E-state index contributed by atoms with van der Waals surface area (Å²) in [7, 11) is 0. The molecule has 6 nitrogen and oxygen atoms in total. The highest BCUT2D eigenvalue weighted by Gasteiger charge is 2.40. The van der Waals surface area contributed by atoms with Crippen LogP contribution in [0.3, 0.4) is 0 Å². The van der Waals surface area contributed by atoms with Gasteiger partial charge in [-0.05, 0) is 29.4 Å². The number of hydrogen-bond donors (Lipinski definition) is 1. The minimum absolute atomic E-state index is 0.0958. The normalized spacial score (nSPS) is 20.5. The molecule has 176 valence electrons. The van der Waals surface area contributed by atoms with Crippen molar-refractivity contribution in [3.63, 3.8) is 0 Å². The minimum atomic E-state index is -0.229. The molecular formula is C27H36N4O2. The van der Waals surface area contributed by atoms with Gasteiger partial charge in [-0.1, -0.05) is 69.3 Å². The Morgan fingerprint density at radius 1 is 1.21 bits per heavy atom. The maximum Gasteiger partial charge on any atom is 0.225 e. The zero-order valence-electron chi connectivity index (χ0n) is 20.0. The van der Waals surface area contributed by atoms with Gasteiger partial charge in [-0.25, -0.2) is 4.98 Å². The number of nitrogens with two attached hydrogens (primary N) is 1. The van der Waals surface area contributed by atoms with Crippen LogP contribution in [0, 0.1) is 5.41 Å². The van der Waals surface area contributed by atoms with Crippen molar-refractivity contribution < 1.29 is 9.53 Å². The molecule has 0 spiro atoms. The van der Waals surface area contributed by atoms with E-state index in [4.69, 9.17) is 15.5 Å². The van der Waals surface area contributed by atoms with Crippen LogP contribution in [-0.2, 0) is 16.1 Å². The number of amides is 1. The first kappa shape index (κ1) is 23.5. The van der Waals surface area contributed by atoms with E-state index in [2.05, 4.69) is 74.0 Å². The molecule has 1 aromatic carbocycles. The maximum atomic E-state index is 13.3. The number of nitrogens with zero attached hydrogens (tertiary/aromatic N) is 3. The molecular weight excluding hydrogens is 412 g/mol. The molecule has 0 unspecified atom stereocenters. The van der Waals surface area contributed by atoms with Crippen molar-refractivity contribution in [2.75, 3.05) is 19.7 Å². The van der Waals surface area contributed by atoms with Gasteiger partial charge in [0.15, 0.2) is 0 Å². The standard InChI is InChI=1S/C27H36N4O2/c1-27(2,3)25(31-18-22(16-28)33-15-14-24(31)32)26-29-23(21-12-8-5-9-13-21)19-30(26)17-20-10-6-4-7-11-20/h4,6-8,10-13,19,22,25H,5,9,14-18,28H2,1-3H3/t22-,25+/m1/s1. The zero-order chi connectivity index (χ0) is 23.4. The Morgan fingerprint density at radius 3 is 2.67 bits per heavy atom. The summed E-state index contributed by atoms with van der Waals surface area (Å²) in [5, 5.41) is 0. The molecule has 1 aliphatic carbocycles. The Morgan fingerprint density at radius 2 is 2.00 bits per heavy atom. The first-order valence-corrected chi connectivity index (χ1v) is 12.0. The summed E-state index contributed by atoms with van der Waals surface area (Å²) in [5.41, 5.74) is 9.04. The SMILES string of the molecule is CC(C)(C)[C@H](c1nc(C2=CCCC=C2)cn1Cc1ccccc1)N1C[C@@H](CN)OCCC1=O. The molecule has 0 radical (unpaired) electrons. The van der Waals surface area contributed by atoms with Gasteiger partial charge < -0.3 is 19.9 Å². The first-order valence-electron chi connectivity index (χ1n) is 12.0. The predicted octanol–water partition coefficient (Wildman–Crippen LogP) is 4.33. The van der Waals surface area contributed by atoms with Crippen LogP contribution in [0.15, 0.2) is 54.8 Å². The molecule has 2 aliphatic rings. The van der Waals surface area contributed by atoms with E-state index in [1.54, 1.807) is 0 Å². The van der Waals surface area contributed by atoms with Gasteiger partial charge in [0.2, 0.25) is 5.91 Å². The molecule has 1 saturated heterocycles. The van der Waals surface area contributed by atoms with E-state index in [1.807, 2.05) is 11.0 Å². The number of imidazole rings is 1. The van der Waals surface area contributed by atoms with Gasteiger partial charge in [-0.3, -0.25) is 4.79 Å². The Labute approximate surface area is 197 Å². The van der Waals surface area contributed by atoms with Crippen LogP contribution in [0.5, 0.6) is 0 Å². The number of benzene rings is 1. The van der Waals surface area contributed by atoms with Crippen LogP contribution in [0.2, 0.25) is 0 Å². The maximum absolute atomic E-state index is 13.3. The second kappa shape index (κ2) is 10.1. The fourth-order valence-electron chi connectivity index (χ4n) is 4.71. The van der Waals surface area contributed by atoms with Crippen molar-refractivity contribution in [2.24, 2.45) is 11.1 Å². The van der Waals surface area contributed by atoms with Gasteiger partial charge >= 0.3 is 0 Å². The molecule has 6 heteroatoms. The molecule has 2 heterocycles. The largest absolute Gasteiger partial charge is 0.375 e. The Hall–Kier alpha value is -2.70. The number of allylic oxidation sites excluding steroid dienone is 4. The average molecular weight is 449 g/mol. The van der Waals surface area contributed by atoms with E-state index in [1.165, 1.54) is 5.56 Å². The summed E-state index contributed by atoms with van der Waals surface area (Å²) in [5.74, 6) is 1.01. The number of rotatable bonds is 6. The predicted molar refractivity (Wildman–Crippen MR) is 131 cm³/mol. The summed E-state index contributed by atoms with van der Waals surface area (Å²) in [6.45, 7) is 8.51. The molecule has 1 aromatic heterocycles. The summed E-state index contributed by atoms with van der Waals surface area (Å²) in [6, 6.07) is 10.2. The van der Waals surface area contributed by atoms with E-state index in [0.29, 0.717) is 32.7 Å². The van der Waals surface area contributed by atoms with Crippen LogP contribution in [0.4, 0.5) is 0 Å². The van der Waals surface area contributed by atoms with E-state index in [0.717, 1.165) is 29.9 Å². The Bertz CT molecular complexity index is 1020. The zero-order valence-corrected chi connectivity index (χ0v) is 20.0.